The minimum Gasteiger partial charge on any atom is -0.490 e. The molecule has 0 aromatic heterocycles. The molecule has 1 aliphatic heterocycles. The molecule has 0 bridgehead atoms. The Balaban J connectivity index is 1.56. The summed E-state index contributed by atoms with van der Waals surface area (Å²) in [5.74, 6) is -0.709. The minimum atomic E-state index is -4.41. The van der Waals surface area contributed by atoms with Crippen molar-refractivity contribution < 1.29 is 41.7 Å². The van der Waals surface area contributed by atoms with Crippen LogP contribution in [-0.4, -0.2) is 78.4 Å². The van der Waals surface area contributed by atoms with Crippen molar-refractivity contribution in [3.05, 3.63) is 89.2 Å². The van der Waals surface area contributed by atoms with Gasteiger partial charge in [0, 0.05) is 43.5 Å². The fourth-order valence-electron chi connectivity index (χ4n) is 5.77. The smallest absolute Gasteiger partial charge is 0.416 e. The third kappa shape index (κ3) is 11.2. The number of hydrogen-bond donors (Lipinski definition) is 3. The summed E-state index contributed by atoms with van der Waals surface area (Å²) in [6.45, 7) is 6.85. The number of aliphatic hydroxyl groups excluding tert-OH is 1. The Hall–Kier alpha value is -4.20. The lowest BCUT2D eigenvalue weighted by Crippen LogP contribution is -2.47. The Kier molecular flexibility index (Phi) is 13.6. The van der Waals surface area contributed by atoms with Crippen molar-refractivity contribution in [2.75, 3.05) is 44.0 Å². The lowest BCUT2D eigenvalue weighted by Gasteiger charge is -2.36. The highest BCUT2D eigenvalue weighted by molar-refractivity contribution is 6.02. The number of ether oxygens (including phenoxy) is 2. The number of rotatable bonds is 8. The number of carbonyl (C=O) groups is 2. The molecule has 1 aliphatic rings. The van der Waals surface area contributed by atoms with Crippen LogP contribution in [0.4, 0.5) is 33.7 Å². The highest BCUT2D eigenvalue weighted by Gasteiger charge is 2.32. The predicted molar refractivity (Wildman–Crippen MR) is 184 cm³/mol. The molecule has 4 atom stereocenters. The number of fused-ring (bicyclic) bond motifs is 1. The summed E-state index contributed by atoms with van der Waals surface area (Å²) in [4.78, 5) is 30.6. The maximum atomic E-state index is 14.3. The van der Waals surface area contributed by atoms with Crippen LogP contribution in [0.2, 0.25) is 0 Å². The molecule has 4 rings (SSSR count). The number of urea groups is 1. The Bertz CT molecular complexity index is 1550. The van der Waals surface area contributed by atoms with Crippen LogP contribution >= 0.6 is 0 Å². The van der Waals surface area contributed by atoms with Crippen molar-refractivity contribution >= 4 is 23.3 Å². The number of anilines is 2. The number of amides is 3. The molecule has 0 radical (unpaired) electrons. The number of nitrogens with zero attached hydrogens (tertiary/aromatic N) is 2. The fraction of sp³-hybridized carbons (Fsp3) is 0.459. The first-order chi connectivity index (χ1) is 23.7. The number of nitrogens with one attached hydrogen (secondary N) is 2. The van der Waals surface area contributed by atoms with Crippen LogP contribution in [0.15, 0.2) is 66.7 Å². The fourth-order valence-corrected chi connectivity index (χ4v) is 5.77. The molecule has 0 aliphatic carbocycles. The normalized spacial score (nSPS) is 20.0. The zero-order valence-corrected chi connectivity index (χ0v) is 28.8. The molecular weight excluding hydrogens is 656 g/mol. The lowest BCUT2D eigenvalue weighted by atomic mass is 10.0. The number of likely N-dealkylation sites (N-methyl/N-ethyl adjacent to an activating group) is 1. The van der Waals surface area contributed by atoms with E-state index in [9.17, 15) is 32.3 Å². The Morgan fingerprint density at radius 1 is 1.02 bits per heavy atom. The van der Waals surface area contributed by atoms with Gasteiger partial charge in [-0.15, -0.1) is 0 Å². The molecular formula is C37H46F4N4O5. The van der Waals surface area contributed by atoms with Crippen LogP contribution in [0.5, 0.6) is 5.75 Å². The molecule has 3 N–H and O–H groups in total. The molecule has 0 fully saturated rings. The van der Waals surface area contributed by atoms with Crippen molar-refractivity contribution in [1.82, 2.24) is 9.80 Å². The summed E-state index contributed by atoms with van der Waals surface area (Å²) in [6.07, 6.45) is -2.70. The van der Waals surface area contributed by atoms with Crippen LogP contribution in [0.1, 0.15) is 61.5 Å². The van der Waals surface area contributed by atoms with E-state index in [4.69, 9.17) is 9.47 Å². The minimum absolute atomic E-state index is 0.206. The molecule has 0 spiro atoms. The van der Waals surface area contributed by atoms with Gasteiger partial charge in [0.2, 0.25) is 0 Å². The zero-order valence-electron chi connectivity index (χ0n) is 28.8. The molecule has 0 saturated carbocycles. The van der Waals surface area contributed by atoms with Crippen LogP contribution in [0.25, 0.3) is 0 Å². The Morgan fingerprint density at radius 2 is 1.68 bits per heavy atom. The molecule has 3 aromatic rings. The SMILES string of the molecule is C[C@H]1CCCCO[C@@H](CN(C)Cc2ccc(C(F)(F)F)cc2)[C@@H](C)CN([C@@H](C)CO)C(=O)c2cc(NC(=O)Nc3ccc(F)cc3)ccc2O1. The van der Waals surface area contributed by atoms with Gasteiger partial charge in [0.25, 0.3) is 5.91 Å². The quantitative estimate of drug-likeness (QED) is 0.211. The summed E-state index contributed by atoms with van der Waals surface area (Å²) in [5, 5.41) is 15.6. The average molecular weight is 703 g/mol. The van der Waals surface area contributed by atoms with E-state index in [1.54, 1.807) is 24.0 Å². The first-order valence-electron chi connectivity index (χ1n) is 16.8. The monoisotopic (exact) mass is 702 g/mol. The van der Waals surface area contributed by atoms with Crippen LogP contribution in [0.3, 0.4) is 0 Å². The van der Waals surface area contributed by atoms with Gasteiger partial charge in [-0.3, -0.25) is 9.69 Å². The van der Waals surface area contributed by atoms with Crippen LogP contribution in [0, 0.1) is 11.7 Å². The zero-order chi connectivity index (χ0) is 36.4. The van der Waals surface area contributed by atoms with Gasteiger partial charge in [0.05, 0.1) is 36.0 Å². The largest absolute Gasteiger partial charge is 0.490 e. The van der Waals surface area contributed by atoms with Crippen molar-refractivity contribution in [2.45, 2.75) is 71.0 Å². The molecule has 50 heavy (non-hydrogen) atoms. The Morgan fingerprint density at radius 3 is 2.34 bits per heavy atom. The maximum Gasteiger partial charge on any atom is 0.416 e. The van der Waals surface area contributed by atoms with Gasteiger partial charge in [-0.2, -0.15) is 13.2 Å². The first-order valence-corrected chi connectivity index (χ1v) is 16.8. The standard InChI is InChI=1S/C37H46F4N4O5/c1-24-20-45(25(2)23-46)35(47)32-19-31(43-36(48)42-30-14-12-29(38)13-15-30)16-17-33(32)50-26(3)7-5-6-18-49-34(24)22-44(4)21-27-8-10-28(11-9-27)37(39,40)41/h8-17,19,24-26,34,46H,5-7,18,20-23H2,1-4H3,(H2,42,43,48)/t24-,25-,26-,34-/m0/s1. The van der Waals surface area contributed by atoms with E-state index in [-0.39, 0.29) is 36.8 Å². The third-order valence-electron chi connectivity index (χ3n) is 8.64. The van der Waals surface area contributed by atoms with E-state index in [0.29, 0.717) is 43.2 Å². The van der Waals surface area contributed by atoms with Gasteiger partial charge < -0.3 is 30.1 Å². The summed E-state index contributed by atoms with van der Waals surface area (Å²) in [5.41, 5.74) is 0.935. The number of aliphatic hydroxyl groups is 1. The number of carbonyl (C=O) groups excluding carboxylic acids is 2. The molecule has 3 amide bonds. The van der Waals surface area contributed by atoms with E-state index < -0.39 is 35.5 Å². The van der Waals surface area contributed by atoms with Gasteiger partial charge in [-0.1, -0.05) is 19.1 Å². The number of benzene rings is 3. The molecule has 9 nitrogen and oxygen atoms in total. The van der Waals surface area contributed by atoms with E-state index in [1.807, 2.05) is 25.8 Å². The second-order valence-corrected chi connectivity index (χ2v) is 13.0. The summed E-state index contributed by atoms with van der Waals surface area (Å²) in [7, 11) is 1.87. The molecule has 0 unspecified atom stereocenters. The van der Waals surface area contributed by atoms with Crippen molar-refractivity contribution in [3.8, 4) is 5.75 Å². The van der Waals surface area contributed by atoms with Crippen molar-refractivity contribution in [2.24, 2.45) is 5.92 Å². The molecule has 0 saturated heterocycles. The topological polar surface area (TPSA) is 103 Å². The number of alkyl halides is 3. The molecule has 272 valence electrons. The van der Waals surface area contributed by atoms with Crippen LogP contribution in [-0.2, 0) is 17.5 Å². The van der Waals surface area contributed by atoms with E-state index >= 15 is 0 Å². The van der Waals surface area contributed by atoms with Crippen LogP contribution < -0.4 is 15.4 Å². The summed E-state index contributed by atoms with van der Waals surface area (Å²) < 4.78 is 65.1. The highest BCUT2D eigenvalue weighted by atomic mass is 19.4. The van der Waals surface area contributed by atoms with E-state index in [2.05, 4.69) is 10.6 Å². The molecule has 13 heteroatoms. The maximum absolute atomic E-state index is 14.3. The van der Waals surface area contributed by atoms with Gasteiger partial charge in [0.1, 0.15) is 11.6 Å². The van der Waals surface area contributed by atoms with Gasteiger partial charge >= 0.3 is 12.2 Å². The number of hydrogen-bond acceptors (Lipinski definition) is 6. The van der Waals surface area contributed by atoms with Gasteiger partial charge in [-0.05, 0) is 100 Å². The third-order valence-corrected chi connectivity index (χ3v) is 8.64. The second kappa shape index (κ2) is 17.6. The summed E-state index contributed by atoms with van der Waals surface area (Å²) >= 11 is 0. The second-order valence-electron chi connectivity index (χ2n) is 13.0. The predicted octanol–water partition coefficient (Wildman–Crippen LogP) is 7.42. The van der Waals surface area contributed by atoms with Crippen molar-refractivity contribution in [1.29, 1.82) is 0 Å². The Labute approximate surface area is 290 Å². The molecule has 1 heterocycles. The summed E-state index contributed by atoms with van der Waals surface area (Å²) in [6, 6.07) is 14.0. The highest BCUT2D eigenvalue weighted by Crippen LogP contribution is 2.30. The van der Waals surface area contributed by atoms with E-state index in [0.717, 1.165) is 30.5 Å². The van der Waals surface area contributed by atoms with Gasteiger partial charge in [-0.25, -0.2) is 9.18 Å². The first kappa shape index (κ1) is 38.6. The molecule has 3 aromatic carbocycles. The lowest BCUT2D eigenvalue weighted by molar-refractivity contribution is -0.137. The van der Waals surface area contributed by atoms with Gasteiger partial charge in [0.15, 0.2) is 0 Å². The van der Waals surface area contributed by atoms with Crippen molar-refractivity contribution in [3.63, 3.8) is 0 Å². The van der Waals surface area contributed by atoms with E-state index in [1.165, 1.54) is 42.5 Å². The number of halogens is 4. The average Bonchev–Trinajstić information content (AvgIpc) is 3.07.